The van der Waals surface area contributed by atoms with Crippen LogP contribution in [0.25, 0.3) is 0 Å². The summed E-state index contributed by atoms with van der Waals surface area (Å²) in [4.78, 5) is 10.9. The van der Waals surface area contributed by atoms with E-state index in [0.717, 1.165) is 11.2 Å². The first-order valence-electron chi connectivity index (χ1n) is 3.46. The number of nitrogen functional groups attached to an aromatic ring is 2. The summed E-state index contributed by atoms with van der Waals surface area (Å²) in [5, 5.41) is 0. The van der Waals surface area contributed by atoms with Crippen LogP contribution in [0, 0.1) is 0 Å². The van der Waals surface area contributed by atoms with Gasteiger partial charge >= 0.3 is 0 Å². The first kappa shape index (κ1) is 8.93. The monoisotopic (exact) mass is 182 g/mol. The largest absolute Gasteiger partial charge is 0.398 e. The van der Waals surface area contributed by atoms with Gasteiger partial charge in [0.25, 0.3) is 0 Å². The Bertz CT molecular complexity index is 268. The average Bonchev–Trinajstić information content (AvgIpc) is 2.04. The number of benzene rings is 1. The van der Waals surface area contributed by atoms with E-state index in [9.17, 15) is 4.79 Å². The number of anilines is 2. The van der Waals surface area contributed by atoms with Crippen molar-refractivity contribution in [2.45, 2.75) is 4.90 Å². The van der Waals surface area contributed by atoms with Gasteiger partial charge in [0.05, 0.1) is 10.6 Å². The standard InChI is InChI=1S/C8H10N2OS/c9-6-2-1-3-7(10)8(6)12-5-4-11/h1-4H,5,9-10H2. The lowest BCUT2D eigenvalue weighted by Gasteiger charge is -2.05. The molecule has 0 aromatic heterocycles. The number of hydrogen-bond acceptors (Lipinski definition) is 4. The average molecular weight is 182 g/mol. The zero-order valence-corrected chi connectivity index (χ0v) is 7.30. The molecule has 0 amide bonds. The summed E-state index contributed by atoms with van der Waals surface area (Å²) in [6.07, 6.45) is 0.830. The van der Waals surface area contributed by atoms with Crippen LogP contribution in [-0.2, 0) is 4.79 Å². The van der Waals surface area contributed by atoms with Gasteiger partial charge in [-0.25, -0.2) is 0 Å². The second-order valence-corrected chi connectivity index (χ2v) is 3.27. The molecule has 0 radical (unpaired) electrons. The fourth-order valence-corrected chi connectivity index (χ4v) is 1.56. The van der Waals surface area contributed by atoms with E-state index >= 15 is 0 Å². The van der Waals surface area contributed by atoms with E-state index in [1.165, 1.54) is 11.8 Å². The zero-order chi connectivity index (χ0) is 8.97. The summed E-state index contributed by atoms with van der Waals surface area (Å²) < 4.78 is 0. The Balaban J connectivity index is 2.88. The normalized spacial score (nSPS) is 9.67. The molecular formula is C8H10N2OS. The smallest absolute Gasteiger partial charge is 0.130 e. The second-order valence-electron chi connectivity index (χ2n) is 2.24. The van der Waals surface area contributed by atoms with Gasteiger partial charge in [-0.1, -0.05) is 6.07 Å². The molecule has 0 heterocycles. The number of thioether (sulfide) groups is 1. The van der Waals surface area contributed by atoms with Crippen molar-refractivity contribution < 1.29 is 4.79 Å². The maximum atomic E-state index is 10.1. The third kappa shape index (κ3) is 1.92. The topological polar surface area (TPSA) is 69.1 Å². The molecule has 0 saturated carbocycles. The molecule has 1 aromatic rings. The molecule has 0 atom stereocenters. The summed E-state index contributed by atoms with van der Waals surface area (Å²) in [6, 6.07) is 5.32. The third-order valence-electron chi connectivity index (χ3n) is 1.37. The summed E-state index contributed by atoms with van der Waals surface area (Å²) >= 11 is 1.36. The Labute approximate surface area is 75.1 Å². The summed E-state index contributed by atoms with van der Waals surface area (Å²) in [6.45, 7) is 0. The molecule has 64 valence electrons. The molecule has 0 bridgehead atoms. The van der Waals surface area contributed by atoms with E-state index < -0.39 is 0 Å². The molecule has 0 saturated heterocycles. The van der Waals surface area contributed by atoms with Crippen molar-refractivity contribution in [3.63, 3.8) is 0 Å². The van der Waals surface area contributed by atoms with Crippen LogP contribution in [0.3, 0.4) is 0 Å². The molecule has 4 N–H and O–H groups in total. The Morgan fingerprint density at radius 3 is 2.42 bits per heavy atom. The minimum atomic E-state index is 0.387. The minimum absolute atomic E-state index is 0.387. The van der Waals surface area contributed by atoms with Gasteiger partial charge in [0.15, 0.2) is 0 Å². The number of carbonyl (C=O) groups is 1. The molecule has 3 nitrogen and oxygen atoms in total. The van der Waals surface area contributed by atoms with E-state index in [0.29, 0.717) is 17.1 Å². The van der Waals surface area contributed by atoms with E-state index in [4.69, 9.17) is 11.5 Å². The third-order valence-corrected chi connectivity index (χ3v) is 2.43. The van der Waals surface area contributed by atoms with Crippen molar-refractivity contribution >= 4 is 29.4 Å². The summed E-state index contributed by atoms with van der Waals surface area (Å²) in [7, 11) is 0. The first-order valence-corrected chi connectivity index (χ1v) is 4.44. The number of hydrogen-bond donors (Lipinski definition) is 2. The Morgan fingerprint density at radius 2 is 1.92 bits per heavy atom. The van der Waals surface area contributed by atoms with Gasteiger partial charge in [-0.05, 0) is 12.1 Å². The maximum Gasteiger partial charge on any atom is 0.130 e. The van der Waals surface area contributed by atoms with Crippen LogP contribution in [-0.4, -0.2) is 12.0 Å². The van der Waals surface area contributed by atoms with Gasteiger partial charge < -0.3 is 16.3 Å². The Morgan fingerprint density at radius 1 is 1.33 bits per heavy atom. The van der Waals surface area contributed by atoms with Crippen molar-refractivity contribution in [1.29, 1.82) is 0 Å². The molecular weight excluding hydrogens is 172 g/mol. The second kappa shape index (κ2) is 4.01. The lowest BCUT2D eigenvalue weighted by molar-refractivity contribution is -0.105. The van der Waals surface area contributed by atoms with Gasteiger partial charge in [-0.15, -0.1) is 11.8 Å². The lowest BCUT2D eigenvalue weighted by Crippen LogP contribution is -1.95. The van der Waals surface area contributed by atoms with Crippen LogP contribution in [0.5, 0.6) is 0 Å². The van der Waals surface area contributed by atoms with Gasteiger partial charge in [-0.3, -0.25) is 0 Å². The molecule has 0 fully saturated rings. The first-order chi connectivity index (χ1) is 5.75. The van der Waals surface area contributed by atoms with Gasteiger partial charge in [0.2, 0.25) is 0 Å². The molecule has 12 heavy (non-hydrogen) atoms. The molecule has 0 unspecified atom stereocenters. The molecule has 1 aromatic carbocycles. The number of aldehydes is 1. The lowest BCUT2D eigenvalue weighted by atomic mass is 10.3. The van der Waals surface area contributed by atoms with Crippen molar-refractivity contribution in [2.24, 2.45) is 0 Å². The van der Waals surface area contributed by atoms with E-state index in [-0.39, 0.29) is 0 Å². The van der Waals surface area contributed by atoms with Gasteiger partial charge in [0.1, 0.15) is 6.29 Å². The summed E-state index contributed by atoms with van der Waals surface area (Å²) in [5.41, 5.74) is 12.5. The minimum Gasteiger partial charge on any atom is -0.398 e. The Kier molecular flexibility index (Phi) is 2.99. The van der Waals surface area contributed by atoms with Crippen LogP contribution < -0.4 is 11.5 Å². The van der Waals surface area contributed by atoms with Crippen LogP contribution >= 0.6 is 11.8 Å². The molecule has 1 rings (SSSR count). The van der Waals surface area contributed by atoms with Crippen molar-refractivity contribution in [3.05, 3.63) is 18.2 Å². The molecule has 0 aliphatic heterocycles. The van der Waals surface area contributed by atoms with Gasteiger partial charge in [0, 0.05) is 11.4 Å². The maximum absolute atomic E-state index is 10.1. The fourth-order valence-electron chi connectivity index (χ4n) is 0.858. The highest BCUT2D eigenvalue weighted by atomic mass is 32.2. The predicted molar refractivity (Wildman–Crippen MR) is 52.1 cm³/mol. The van der Waals surface area contributed by atoms with Crippen molar-refractivity contribution in [3.8, 4) is 0 Å². The van der Waals surface area contributed by atoms with Crippen LogP contribution in [0.4, 0.5) is 11.4 Å². The highest BCUT2D eigenvalue weighted by Gasteiger charge is 2.02. The molecule has 0 spiro atoms. The number of rotatable bonds is 3. The Hall–Kier alpha value is -1.16. The predicted octanol–water partition coefficient (Wildman–Crippen LogP) is 1.14. The number of nitrogens with two attached hydrogens (primary N) is 2. The molecule has 4 heteroatoms. The van der Waals surface area contributed by atoms with E-state index in [1.54, 1.807) is 18.2 Å². The number of carbonyl (C=O) groups excluding carboxylic acids is 1. The zero-order valence-electron chi connectivity index (χ0n) is 6.49. The van der Waals surface area contributed by atoms with E-state index in [1.807, 2.05) is 0 Å². The highest BCUT2D eigenvalue weighted by molar-refractivity contribution is 8.00. The SMILES string of the molecule is Nc1cccc(N)c1SCC=O. The highest BCUT2D eigenvalue weighted by Crippen LogP contribution is 2.29. The van der Waals surface area contributed by atoms with Gasteiger partial charge in [-0.2, -0.15) is 0 Å². The van der Waals surface area contributed by atoms with Crippen LogP contribution in [0.2, 0.25) is 0 Å². The van der Waals surface area contributed by atoms with Crippen molar-refractivity contribution in [1.82, 2.24) is 0 Å². The van der Waals surface area contributed by atoms with Crippen LogP contribution in [0.15, 0.2) is 23.1 Å². The quantitative estimate of drug-likeness (QED) is 0.418. The molecule has 0 aliphatic carbocycles. The van der Waals surface area contributed by atoms with Crippen molar-refractivity contribution in [2.75, 3.05) is 17.2 Å². The van der Waals surface area contributed by atoms with E-state index in [2.05, 4.69) is 0 Å². The van der Waals surface area contributed by atoms with Crippen LogP contribution in [0.1, 0.15) is 0 Å². The molecule has 0 aliphatic rings. The fraction of sp³-hybridized carbons (Fsp3) is 0.125. The summed E-state index contributed by atoms with van der Waals surface area (Å²) in [5.74, 6) is 0.387.